The van der Waals surface area contributed by atoms with Crippen LogP contribution in [0.2, 0.25) is 0 Å². The summed E-state index contributed by atoms with van der Waals surface area (Å²) in [6.45, 7) is 2.74. The van der Waals surface area contributed by atoms with Gasteiger partial charge >= 0.3 is 0 Å². The van der Waals surface area contributed by atoms with Gasteiger partial charge in [-0.1, -0.05) is 60.7 Å². The van der Waals surface area contributed by atoms with Crippen LogP contribution in [0.4, 0.5) is 0 Å². The minimum absolute atomic E-state index is 0.248. The molecule has 0 saturated carbocycles. The van der Waals surface area contributed by atoms with Crippen molar-refractivity contribution in [3.05, 3.63) is 71.8 Å². The molecule has 17 heavy (non-hydrogen) atoms. The highest BCUT2D eigenvalue weighted by atomic mass is 32.2. The molecule has 0 bridgehead atoms. The van der Waals surface area contributed by atoms with Crippen molar-refractivity contribution in [1.29, 1.82) is 0 Å². The molecule has 0 N–H and O–H groups in total. The quantitative estimate of drug-likeness (QED) is 0.718. The molecule has 0 aliphatic carbocycles. The fourth-order valence-electron chi connectivity index (χ4n) is 1.70. The summed E-state index contributed by atoms with van der Waals surface area (Å²) in [4.78, 5) is 0. The summed E-state index contributed by atoms with van der Waals surface area (Å²) in [5, 5.41) is 0.248. The van der Waals surface area contributed by atoms with Crippen LogP contribution in [0, 0.1) is 0 Å². The van der Waals surface area contributed by atoms with Crippen LogP contribution in [-0.4, -0.2) is 6.61 Å². The van der Waals surface area contributed by atoms with Gasteiger partial charge in [0.15, 0.2) is 0 Å². The summed E-state index contributed by atoms with van der Waals surface area (Å²) < 4.78 is 5.52. The Bertz CT molecular complexity index is 388. The Morgan fingerprint density at radius 3 is 1.76 bits per heavy atom. The Labute approximate surface area is 107 Å². The molecule has 2 heteroatoms. The molecule has 0 heterocycles. The molecule has 0 spiro atoms. The highest BCUT2D eigenvalue weighted by molar-refractivity contribution is 7.95. The Balaban J connectivity index is 2.26. The van der Waals surface area contributed by atoms with Crippen molar-refractivity contribution < 1.29 is 4.18 Å². The molecule has 0 fully saturated rings. The molecule has 2 aromatic rings. The van der Waals surface area contributed by atoms with E-state index in [-0.39, 0.29) is 5.25 Å². The lowest BCUT2D eigenvalue weighted by atomic mass is 10.0. The van der Waals surface area contributed by atoms with Gasteiger partial charge in [-0.3, -0.25) is 0 Å². The van der Waals surface area contributed by atoms with Crippen LogP contribution in [0.3, 0.4) is 0 Å². The second-order valence-corrected chi connectivity index (χ2v) is 4.60. The lowest BCUT2D eigenvalue weighted by Crippen LogP contribution is -1.97. The number of rotatable bonds is 5. The molecular weight excluding hydrogens is 228 g/mol. The van der Waals surface area contributed by atoms with E-state index in [0.717, 1.165) is 6.61 Å². The maximum Gasteiger partial charge on any atom is 0.0810 e. The first kappa shape index (κ1) is 12.2. The maximum absolute atomic E-state index is 5.52. The van der Waals surface area contributed by atoms with Crippen molar-refractivity contribution in [3.63, 3.8) is 0 Å². The van der Waals surface area contributed by atoms with Crippen molar-refractivity contribution in [1.82, 2.24) is 0 Å². The van der Waals surface area contributed by atoms with Crippen LogP contribution in [0.25, 0.3) is 0 Å². The highest BCUT2D eigenvalue weighted by Crippen LogP contribution is 2.35. The van der Waals surface area contributed by atoms with Crippen molar-refractivity contribution in [2.45, 2.75) is 12.2 Å². The molecule has 88 valence electrons. The molecule has 0 saturated heterocycles. The second kappa shape index (κ2) is 6.48. The first-order chi connectivity index (χ1) is 8.42. The smallest absolute Gasteiger partial charge is 0.0810 e. The summed E-state index contributed by atoms with van der Waals surface area (Å²) >= 11 is 1.53. The van der Waals surface area contributed by atoms with Gasteiger partial charge in [0, 0.05) is 12.0 Å². The Morgan fingerprint density at radius 2 is 1.35 bits per heavy atom. The summed E-state index contributed by atoms with van der Waals surface area (Å²) in [5.74, 6) is 0. The molecule has 0 aliphatic heterocycles. The number of benzene rings is 2. The van der Waals surface area contributed by atoms with Gasteiger partial charge in [0.05, 0.1) is 11.9 Å². The summed E-state index contributed by atoms with van der Waals surface area (Å²) in [6.07, 6.45) is 0. The number of hydrogen-bond acceptors (Lipinski definition) is 2. The molecule has 0 atom stereocenters. The van der Waals surface area contributed by atoms with Crippen molar-refractivity contribution in [3.8, 4) is 0 Å². The highest BCUT2D eigenvalue weighted by Gasteiger charge is 2.14. The molecular formula is C15H16OS. The molecule has 2 aromatic carbocycles. The third kappa shape index (κ3) is 3.35. The predicted octanol–water partition coefficient (Wildman–Crippen LogP) is 4.46. The van der Waals surface area contributed by atoms with Crippen LogP contribution in [0.15, 0.2) is 60.7 Å². The maximum atomic E-state index is 5.52. The lowest BCUT2D eigenvalue weighted by molar-refractivity contribution is 0.399. The van der Waals surface area contributed by atoms with E-state index >= 15 is 0 Å². The van der Waals surface area contributed by atoms with Crippen LogP contribution >= 0.6 is 12.0 Å². The average Bonchev–Trinajstić information content (AvgIpc) is 2.42. The lowest BCUT2D eigenvalue weighted by Gasteiger charge is -2.16. The third-order valence-corrected chi connectivity index (χ3v) is 3.60. The van der Waals surface area contributed by atoms with E-state index in [4.69, 9.17) is 4.18 Å². The molecule has 0 aromatic heterocycles. The van der Waals surface area contributed by atoms with Crippen LogP contribution < -0.4 is 0 Å². The second-order valence-electron chi connectivity index (χ2n) is 3.70. The zero-order valence-corrected chi connectivity index (χ0v) is 10.7. The van der Waals surface area contributed by atoms with Crippen LogP contribution in [0.5, 0.6) is 0 Å². The molecule has 2 rings (SSSR count). The minimum Gasteiger partial charge on any atom is -0.315 e. The first-order valence-corrected chi connectivity index (χ1v) is 6.60. The first-order valence-electron chi connectivity index (χ1n) is 5.80. The van der Waals surface area contributed by atoms with Crippen molar-refractivity contribution in [2.75, 3.05) is 6.61 Å². The Hall–Kier alpha value is -1.25. The molecule has 1 nitrogen and oxygen atoms in total. The van der Waals surface area contributed by atoms with E-state index in [9.17, 15) is 0 Å². The van der Waals surface area contributed by atoms with Gasteiger partial charge in [-0.15, -0.1) is 0 Å². The SMILES string of the molecule is CCOSC(c1ccccc1)c1ccccc1. The molecule has 0 unspecified atom stereocenters. The van der Waals surface area contributed by atoms with E-state index in [1.807, 2.05) is 19.1 Å². The van der Waals surface area contributed by atoms with E-state index < -0.39 is 0 Å². The Kier molecular flexibility index (Phi) is 4.65. The predicted molar refractivity (Wildman–Crippen MR) is 73.9 cm³/mol. The van der Waals surface area contributed by atoms with Crippen molar-refractivity contribution >= 4 is 12.0 Å². The topological polar surface area (TPSA) is 9.23 Å². The summed E-state index contributed by atoms with van der Waals surface area (Å²) in [6, 6.07) is 20.9. The normalized spacial score (nSPS) is 10.7. The van der Waals surface area contributed by atoms with E-state index in [0.29, 0.717) is 0 Å². The van der Waals surface area contributed by atoms with E-state index in [1.54, 1.807) is 0 Å². The largest absolute Gasteiger partial charge is 0.315 e. The fourth-order valence-corrected chi connectivity index (χ4v) is 2.50. The Morgan fingerprint density at radius 1 is 0.882 bits per heavy atom. The van der Waals surface area contributed by atoms with Gasteiger partial charge in [-0.2, -0.15) is 0 Å². The van der Waals surface area contributed by atoms with Gasteiger partial charge in [0.2, 0.25) is 0 Å². The van der Waals surface area contributed by atoms with Gasteiger partial charge in [0.1, 0.15) is 0 Å². The number of hydrogen-bond donors (Lipinski definition) is 0. The minimum atomic E-state index is 0.248. The van der Waals surface area contributed by atoms with Gasteiger partial charge in [0.25, 0.3) is 0 Å². The monoisotopic (exact) mass is 244 g/mol. The fraction of sp³-hybridized carbons (Fsp3) is 0.200. The van der Waals surface area contributed by atoms with E-state index in [1.165, 1.54) is 23.2 Å². The third-order valence-electron chi connectivity index (χ3n) is 2.49. The molecule has 0 radical (unpaired) electrons. The van der Waals surface area contributed by atoms with Crippen LogP contribution in [0.1, 0.15) is 23.3 Å². The van der Waals surface area contributed by atoms with Gasteiger partial charge < -0.3 is 4.18 Å². The van der Waals surface area contributed by atoms with Gasteiger partial charge in [-0.25, -0.2) is 0 Å². The molecule has 0 amide bonds. The zero-order valence-electron chi connectivity index (χ0n) is 9.87. The summed E-state index contributed by atoms with van der Waals surface area (Å²) in [5.41, 5.74) is 2.55. The van der Waals surface area contributed by atoms with Gasteiger partial charge in [-0.05, 0) is 18.1 Å². The zero-order chi connectivity index (χ0) is 11.9. The average molecular weight is 244 g/mol. The van der Waals surface area contributed by atoms with Crippen LogP contribution in [-0.2, 0) is 4.18 Å². The molecule has 0 aliphatic rings. The summed E-state index contributed by atoms with van der Waals surface area (Å²) in [7, 11) is 0. The van der Waals surface area contributed by atoms with E-state index in [2.05, 4.69) is 48.5 Å². The standard InChI is InChI=1S/C15H16OS/c1-2-16-17-15(13-9-5-3-6-10-13)14-11-7-4-8-12-14/h3-12,15H,2H2,1H3. The van der Waals surface area contributed by atoms with Crippen molar-refractivity contribution in [2.24, 2.45) is 0 Å².